The fraction of sp³-hybridized carbons (Fsp3) is 0. The molecule has 8 heteroatoms. The highest BCUT2D eigenvalue weighted by molar-refractivity contribution is 9.10. The van der Waals surface area contributed by atoms with Crippen molar-refractivity contribution >= 4 is 43.4 Å². The molecule has 0 aliphatic carbocycles. The van der Waals surface area contributed by atoms with Crippen LogP contribution in [0.4, 0.5) is 5.82 Å². The van der Waals surface area contributed by atoms with Gasteiger partial charge in [0.25, 0.3) is 10.0 Å². The summed E-state index contributed by atoms with van der Waals surface area (Å²) < 4.78 is 27.0. The van der Waals surface area contributed by atoms with Gasteiger partial charge in [0.1, 0.15) is 5.15 Å². The van der Waals surface area contributed by atoms with Crippen molar-refractivity contribution in [2.24, 2.45) is 0 Å². The second-order valence-corrected chi connectivity index (χ2v) is 6.27. The largest absolute Gasteiger partial charge is 0.263 e. The van der Waals surface area contributed by atoms with Crippen LogP contribution in [0.15, 0.2) is 46.0 Å². The van der Waals surface area contributed by atoms with Crippen LogP contribution in [0.5, 0.6) is 0 Å². The Morgan fingerprint density at radius 1 is 1.22 bits per heavy atom. The Morgan fingerprint density at radius 2 is 2.00 bits per heavy atom. The SMILES string of the molecule is O=S(=O)(Nc1cnc(Cl)cn1)c1cccc(Br)c1. The van der Waals surface area contributed by atoms with Crippen LogP contribution >= 0.6 is 27.5 Å². The summed E-state index contributed by atoms with van der Waals surface area (Å²) in [5.41, 5.74) is 0. The van der Waals surface area contributed by atoms with E-state index in [2.05, 4.69) is 30.6 Å². The minimum absolute atomic E-state index is 0.111. The first-order valence-electron chi connectivity index (χ1n) is 4.73. The molecule has 5 nitrogen and oxygen atoms in total. The molecule has 2 aromatic rings. The maximum absolute atomic E-state index is 12.0. The van der Waals surface area contributed by atoms with E-state index in [0.29, 0.717) is 4.47 Å². The van der Waals surface area contributed by atoms with Crippen LogP contribution in [0.2, 0.25) is 5.15 Å². The normalized spacial score (nSPS) is 11.2. The highest BCUT2D eigenvalue weighted by Gasteiger charge is 2.15. The van der Waals surface area contributed by atoms with Gasteiger partial charge in [0, 0.05) is 4.47 Å². The highest BCUT2D eigenvalue weighted by atomic mass is 79.9. The minimum Gasteiger partial charge on any atom is -0.262 e. The molecule has 0 aliphatic rings. The first kappa shape index (κ1) is 13.3. The molecule has 0 spiro atoms. The minimum atomic E-state index is -3.67. The van der Waals surface area contributed by atoms with Gasteiger partial charge < -0.3 is 0 Å². The molecule has 0 saturated heterocycles. The molecule has 0 unspecified atom stereocenters. The topological polar surface area (TPSA) is 72.0 Å². The van der Waals surface area contributed by atoms with E-state index in [1.807, 2.05) is 0 Å². The third-order valence-corrected chi connectivity index (χ3v) is 4.01. The molecule has 94 valence electrons. The molecule has 1 heterocycles. The number of halogens is 2. The van der Waals surface area contributed by atoms with E-state index in [0.717, 1.165) is 0 Å². The number of nitrogens with one attached hydrogen (secondary N) is 1. The van der Waals surface area contributed by atoms with E-state index in [4.69, 9.17) is 11.6 Å². The third-order valence-electron chi connectivity index (χ3n) is 1.97. The first-order chi connectivity index (χ1) is 8.47. The van der Waals surface area contributed by atoms with Gasteiger partial charge in [-0.1, -0.05) is 33.6 Å². The molecule has 0 aliphatic heterocycles. The van der Waals surface area contributed by atoms with Gasteiger partial charge in [-0.3, -0.25) is 4.72 Å². The summed E-state index contributed by atoms with van der Waals surface area (Å²) in [6, 6.07) is 6.34. The van der Waals surface area contributed by atoms with E-state index in [1.165, 1.54) is 24.5 Å². The average Bonchev–Trinajstić information content (AvgIpc) is 2.32. The summed E-state index contributed by atoms with van der Waals surface area (Å²) >= 11 is 8.78. The molecule has 0 fully saturated rings. The molecule has 0 amide bonds. The van der Waals surface area contributed by atoms with E-state index >= 15 is 0 Å². The monoisotopic (exact) mass is 347 g/mol. The molecule has 18 heavy (non-hydrogen) atoms. The average molecular weight is 349 g/mol. The quantitative estimate of drug-likeness (QED) is 0.925. The Balaban J connectivity index is 2.30. The fourth-order valence-corrected chi connectivity index (χ4v) is 2.88. The van der Waals surface area contributed by atoms with Gasteiger partial charge in [-0.2, -0.15) is 0 Å². The predicted molar refractivity (Wildman–Crippen MR) is 72.0 cm³/mol. The van der Waals surface area contributed by atoms with Gasteiger partial charge in [-0.05, 0) is 18.2 Å². The van der Waals surface area contributed by atoms with Gasteiger partial charge in [-0.15, -0.1) is 0 Å². The lowest BCUT2D eigenvalue weighted by Gasteiger charge is -2.06. The van der Waals surface area contributed by atoms with Gasteiger partial charge >= 0.3 is 0 Å². The molecular formula is C10H7BrClN3O2S. The summed E-state index contributed by atoms with van der Waals surface area (Å²) in [6.07, 6.45) is 2.51. The number of benzene rings is 1. The van der Waals surface area contributed by atoms with Crippen LogP contribution in [-0.4, -0.2) is 18.4 Å². The number of anilines is 1. The molecule has 0 saturated carbocycles. The third kappa shape index (κ3) is 3.18. The molecule has 1 N–H and O–H groups in total. The van der Waals surface area contributed by atoms with Gasteiger partial charge in [-0.25, -0.2) is 18.4 Å². The number of nitrogens with zero attached hydrogens (tertiary/aromatic N) is 2. The molecule has 0 atom stereocenters. The van der Waals surface area contributed by atoms with E-state index in [1.54, 1.807) is 12.1 Å². The van der Waals surface area contributed by atoms with E-state index in [-0.39, 0.29) is 15.9 Å². The Labute approximate surface area is 117 Å². The zero-order valence-electron chi connectivity index (χ0n) is 8.84. The summed E-state index contributed by atoms with van der Waals surface area (Å²) in [5, 5.41) is 0.195. The van der Waals surface area contributed by atoms with Crippen molar-refractivity contribution in [3.63, 3.8) is 0 Å². The smallest absolute Gasteiger partial charge is 0.262 e. The number of rotatable bonds is 3. The second-order valence-electron chi connectivity index (χ2n) is 3.29. The van der Waals surface area contributed by atoms with Gasteiger partial charge in [0.05, 0.1) is 17.3 Å². The zero-order valence-corrected chi connectivity index (χ0v) is 12.0. The van der Waals surface area contributed by atoms with Crippen molar-refractivity contribution < 1.29 is 8.42 Å². The van der Waals surface area contributed by atoms with Crippen LogP contribution in [0, 0.1) is 0 Å². The Morgan fingerprint density at radius 3 is 2.61 bits per heavy atom. The molecule has 0 bridgehead atoms. The van der Waals surface area contributed by atoms with Crippen LogP contribution < -0.4 is 4.72 Å². The molecule has 1 aromatic heterocycles. The number of aromatic nitrogens is 2. The van der Waals surface area contributed by atoms with E-state index < -0.39 is 10.0 Å². The Kier molecular flexibility index (Phi) is 3.84. The zero-order chi connectivity index (χ0) is 13.2. The standard InChI is InChI=1S/C10H7BrClN3O2S/c11-7-2-1-3-8(4-7)18(16,17)15-10-6-13-9(12)5-14-10/h1-6H,(H,14,15). The summed E-state index contributed by atoms with van der Waals surface area (Å²) in [7, 11) is -3.67. The van der Waals surface area contributed by atoms with E-state index in [9.17, 15) is 8.42 Å². The van der Waals surface area contributed by atoms with Crippen molar-refractivity contribution in [1.29, 1.82) is 0 Å². The Bertz CT molecular complexity index is 661. The second kappa shape index (κ2) is 5.21. The van der Waals surface area contributed by atoms with Crippen LogP contribution in [0.25, 0.3) is 0 Å². The number of hydrogen-bond acceptors (Lipinski definition) is 4. The lowest BCUT2D eigenvalue weighted by Crippen LogP contribution is -2.14. The molecule has 2 rings (SSSR count). The number of hydrogen-bond donors (Lipinski definition) is 1. The predicted octanol–water partition coefficient (Wildman–Crippen LogP) is 2.69. The van der Waals surface area contributed by atoms with Crippen LogP contribution in [-0.2, 0) is 10.0 Å². The lowest BCUT2D eigenvalue weighted by atomic mass is 10.4. The van der Waals surface area contributed by atoms with Crippen molar-refractivity contribution in [2.75, 3.05) is 4.72 Å². The summed E-state index contributed by atoms with van der Waals surface area (Å²) in [5.74, 6) is 0.111. The van der Waals surface area contributed by atoms with Crippen molar-refractivity contribution in [1.82, 2.24) is 9.97 Å². The number of sulfonamides is 1. The van der Waals surface area contributed by atoms with Crippen molar-refractivity contribution in [2.45, 2.75) is 4.90 Å². The molecule has 1 aromatic carbocycles. The first-order valence-corrected chi connectivity index (χ1v) is 7.39. The Hall–Kier alpha value is -1.18. The molecular weight excluding hydrogens is 342 g/mol. The van der Waals surface area contributed by atoms with Crippen molar-refractivity contribution in [3.05, 3.63) is 46.3 Å². The summed E-state index contributed by atoms with van der Waals surface area (Å²) in [4.78, 5) is 7.69. The van der Waals surface area contributed by atoms with Crippen molar-refractivity contribution in [3.8, 4) is 0 Å². The summed E-state index contributed by atoms with van der Waals surface area (Å²) in [6.45, 7) is 0. The van der Waals surface area contributed by atoms with Crippen LogP contribution in [0.1, 0.15) is 0 Å². The highest BCUT2D eigenvalue weighted by Crippen LogP contribution is 2.18. The maximum Gasteiger partial charge on any atom is 0.263 e. The lowest BCUT2D eigenvalue weighted by molar-refractivity contribution is 0.601. The van der Waals surface area contributed by atoms with Gasteiger partial charge in [0.15, 0.2) is 5.82 Å². The fourth-order valence-electron chi connectivity index (χ4n) is 1.20. The maximum atomic E-state index is 12.0. The van der Waals surface area contributed by atoms with Gasteiger partial charge in [0.2, 0.25) is 0 Å². The molecule has 0 radical (unpaired) electrons. The van der Waals surface area contributed by atoms with Crippen LogP contribution in [0.3, 0.4) is 0 Å².